The smallest absolute Gasteiger partial charge is 0.339 e. The first kappa shape index (κ1) is 12.4. The van der Waals surface area contributed by atoms with Crippen molar-refractivity contribution in [3.8, 4) is 0 Å². The minimum absolute atomic E-state index is 0.161. The van der Waals surface area contributed by atoms with Crippen molar-refractivity contribution in [3.05, 3.63) is 24.0 Å². The summed E-state index contributed by atoms with van der Waals surface area (Å²) in [5.41, 5.74) is 0.362. The predicted octanol–water partition coefficient (Wildman–Crippen LogP) is 1.62. The van der Waals surface area contributed by atoms with Crippen LogP contribution >= 0.6 is 0 Å². The Morgan fingerprint density at radius 1 is 1.62 bits per heavy atom. The van der Waals surface area contributed by atoms with E-state index in [1.165, 1.54) is 6.20 Å². The first-order valence-corrected chi connectivity index (χ1v) is 4.92. The van der Waals surface area contributed by atoms with Crippen molar-refractivity contribution in [1.82, 2.24) is 4.98 Å². The summed E-state index contributed by atoms with van der Waals surface area (Å²) in [6.07, 6.45) is 2.87. The molecule has 1 aromatic rings. The number of aromatic nitrogens is 1. The van der Waals surface area contributed by atoms with Crippen LogP contribution in [0, 0.1) is 0 Å². The van der Waals surface area contributed by atoms with Crippen molar-refractivity contribution < 1.29 is 14.6 Å². The second-order valence-corrected chi connectivity index (χ2v) is 4.04. The van der Waals surface area contributed by atoms with Gasteiger partial charge in [0, 0.05) is 26.0 Å². The van der Waals surface area contributed by atoms with Crippen LogP contribution < -0.4 is 5.32 Å². The van der Waals surface area contributed by atoms with E-state index in [9.17, 15) is 4.79 Å². The van der Waals surface area contributed by atoms with Crippen molar-refractivity contribution >= 4 is 11.7 Å². The number of rotatable bonds is 5. The highest BCUT2D eigenvalue weighted by Gasteiger charge is 2.17. The summed E-state index contributed by atoms with van der Waals surface area (Å²) < 4.78 is 5.23. The SMILES string of the molecule is COC(C)(C)CNc1ccncc1C(=O)O. The van der Waals surface area contributed by atoms with Gasteiger partial charge in [-0.2, -0.15) is 0 Å². The summed E-state index contributed by atoms with van der Waals surface area (Å²) in [5.74, 6) is -0.995. The minimum Gasteiger partial charge on any atom is -0.478 e. The fourth-order valence-electron chi connectivity index (χ4n) is 1.10. The van der Waals surface area contributed by atoms with Gasteiger partial charge in [-0.05, 0) is 19.9 Å². The van der Waals surface area contributed by atoms with Crippen LogP contribution in [0.2, 0.25) is 0 Å². The molecule has 0 atom stereocenters. The number of methoxy groups -OCH3 is 1. The maximum atomic E-state index is 10.9. The lowest BCUT2D eigenvalue weighted by atomic mass is 10.1. The number of carboxylic acid groups (broad SMARTS) is 1. The van der Waals surface area contributed by atoms with Gasteiger partial charge in [0.15, 0.2) is 0 Å². The summed E-state index contributed by atoms with van der Waals surface area (Å²) in [6.45, 7) is 4.36. The topological polar surface area (TPSA) is 71.5 Å². The maximum absolute atomic E-state index is 10.9. The van der Waals surface area contributed by atoms with Crippen molar-refractivity contribution in [3.63, 3.8) is 0 Å². The Labute approximate surface area is 94.5 Å². The molecule has 0 radical (unpaired) electrons. The van der Waals surface area contributed by atoms with Crippen LogP contribution in [-0.2, 0) is 4.74 Å². The highest BCUT2D eigenvalue weighted by Crippen LogP contribution is 2.15. The summed E-state index contributed by atoms with van der Waals surface area (Å²) >= 11 is 0. The van der Waals surface area contributed by atoms with Gasteiger partial charge in [0.1, 0.15) is 5.56 Å². The number of pyridine rings is 1. The summed E-state index contributed by atoms with van der Waals surface area (Å²) in [6, 6.07) is 1.63. The summed E-state index contributed by atoms with van der Waals surface area (Å²) in [7, 11) is 1.62. The molecule has 16 heavy (non-hydrogen) atoms. The second kappa shape index (κ2) is 4.94. The number of hydrogen-bond acceptors (Lipinski definition) is 4. The monoisotopic (exact) mass is 224 g/mol. The van der Waals surface area contributed by atoms with Crippen molar-refractivity contribution in [2.75, 3.05) is 19.0 Å². The van der Waals surface area contributed by atoms with Crippen LogP contribution in [0.25, 0.3) is 0 Å². The molecule has 0 aliphatic rings. The molecule has 1 rings (SSSR count). The van der Waals surface area contributed by atoms with E-state index in [1.54, 1.807) is 19.4 Å². The zero-order valence-electron chi connectivity index (χ0n) is 9.65. The third kappa shape index (κ3) is 3.20. The molecule has 0 saturated heterocycles. The number of carbonyl (C=O) groups is 1. The molecule has 0 aliphatic heterocycles. The lowest BCUT2D eigenvalue weighted by Gasteiger charge is -2.24. The van der Waals surface area contributed by atoms with Crippen LogP contribution in [0.3, 0.4) is 0 Å². The van der Waals surface area contributed by atoms with Crippen molar-refractivity contribution in [1.29, 1.82) is 0 Å². The molecule has 5 nitrogen and oxygen atoms in total. The summed E-state index contributed by atoms with van der Waals surface area (Å²) in [4.78, 5) is 14.7. The molecule has 2 N–H and O–H groups in total. The van der Waals surface area contributed by atoms with Crippen LogP contribution in [0.4, 0.5) is 5.69 Å². The van der Waals surface area contributed by atoms with Gasteiger partial charge in [-0.25, -0.2) is 4.79 Å². The molecule has 0 saturated carbocycles. The first-order chi connectivity index (χ1) is 7.46. The van der Waals surface area contributed by atoms with Gasteiger partial charge in [0.2, 0.25) is 0 Å². The molecule has 0 spiro atoms. The van der Waals surface area contributed by atoms with Crippen LogP contribution in [-0.4, -0.2) is 35.3 Å². The highest BCUT2D eigenvalue weighted by atomic mass is 16.5. The first-order valence-electron chi connectivity index (χ1n) is 4.92. The van der Waals surface area contributed by atoms with Gasteiger partial charge in [-0.15, -0.1) is 0 Å². The molecular weight excluding hydrogens is 208 g/mol. The zero-order chi connectivity index (χ0) is 12.2. The number of carboxylic acids is 1. The molecule has 88 valence electrons. The molecule has 0 unspecified atom stereocenters. The zero-order valence-corrected chi connectivity index (χ0v) is 9.65. The molecule has 0 aliphatic carbocycles. The molecule has 0 aromatic carbocycles. The van der Waals surface area contributed by atoms with Gasteiger partial charge in [0.05, 0.1) is 11.3 Å². The Morgan fingerprint density at radius 2 is 2.31 bits per heavy atom. The maximum Gasteiger partial charge on any atom is 0.339 e. The number of hydrogen-bond donors (Lipinski definition) is 2. The largest absolute Gasteiger partial charge is 0.478 e. The Balaban J connectivity index is 2.78. The third-order valence-electron chi connectivity index (χ3n) is 2.31. The van der Waals surface area contributed by atoms with Crippen molar-refractivity contribution in [2.24, 2.45) is 0 Å². The second-order valence-electron chi connectivity index (χ2n) is 4.04. The molecule has 1 heterocycles. The highest BCUT2D eigenvalue weighted by molar-refractivity contribution is 5.93. The molecule has 1 aromatic heterocycles. The number of anilines is 1. The average Bonchev–Trinajstić information content (AvgIpc) is 2.27. The third-order valence-corrected chi connectivity index (χ3v) is 2.31. The predicted molar refractivity (Wildman–Crippen MR) is 60.8 cm³/mol. The van der Waals surface area contributed by atoms with E-state index in [2.05, 4.69) is 10.3 Å². The Bertz CT molecular complexity index is 377. The Kier molecular flexibility index (Phi) is 3.84. The van der Waals surface area contributed by atoms with Gasteiger partial charge in [-0.1, -0.05) is 0 Å². The quantitative estimate of drug-likeness (QED) is 0.795. The normalized spacial score (nSPS) is 11.2. The number of ether oxygens (including phenoxy) is 1. The fourth-order valence-corrected chi connectivity index (χ4v) is 1.10. The molecule has 0 bridgehead atoms. The van der Waals surface area contributed by atoms with E-state index in [0.29, 0.717) is 12.2 Å². The van der Waals surface area contributed by atoms with Gasteiger partial charge in [0.25, 0.3) is 0 Å². The van der Waals surface area contributed by atoms with Gasteiger partial charge in [-0.3, -0.25) is 4.98 Å². The van der Waals surface area contributed by atoms with E-state index < -0.39 is 5.97 Å². The van der Waals surface area contributed by atoms with E-state index in [4.69, 9.17) is 9.84 Å². The molecule has 5 heteroatoms. The minimum atomic E-state index is -0.995. The average molecular weight is 224 g/mol. The molecular formula is C11H16N2O3. The van der Waals surface area contributed by atoms with E-state index in [-0.39, 0.29) is 11.2 Å². The van der Waals surface area contributed by atoms with Crippen LogP contribution in [0.1, 0.15) is 24.2 Å². The number of nitrogens with zero attached hydrogens (tertiary/aromatic N) is 1. The van der Waals surface area contributed by atoms with Gasteiger partial charge >= 0.3 is 5.97 Å². The Morgan fingerprint density at radius 3 is 2.88 bits per heavy atom. The molecule has 0 amide bonds. The lowest BCUT2D eigenvalue weighted by molar-refractivity contribution is 0.0343. The summed E-state index contributed by atoms with van der Waals surface area (Å²) in [5, 5.41) is 12.0. The van der Waals surface area contributed by atoms with E-state index >= 15 is 0 Å². The van der Waals surface area contributed by atoms with Crippen LogP contribution in [0.5, 0.6) is 0 Å². The fraction of sp³-hybridized carbons (Fsp3) is 0.455. The number of aromatic carboxylic acids is 1. The van der Waals surface area contributed by atoms with E-state index in [1.807, 2.05) is 13.8 Å². The number of nitrogens with one attached hydrogen (secondary N) is 1. The van der Waals surface area contributed by atoms with Crippen molar-refractivity contribution in [2.45, 2.75) is 19.4 Å². The standard InChI is InChI=1S/C11H16N2O3/c1-11(2,16-3)7-13-9-4-5-12-6-8(9)10(14)15/h4-6H,7H2,1-3H3,(H,12,13)(H,14,15). The van der Waals surface area contributed by atoms with Crippen LogP contribution in [0.15, 0.2) is 18.5 Å². The lowest BCUT2D eigenvalue weighted by Crippen LogP contribution is -2.32. The Hall–Kier alpha value is -1.62. The molecule has 0 fully saturated rings. The van der Waals surface area contributed by atoms with Gasteiger partial charge < -0.3 is 15.2 Å². The van der Waals surface area contributed by atoms with E-state index in [0.717, 1.165) is 0 Å².